The van der Waals surface area contributed by atoms with E-state index in [1.54, 1.807) is 18.4 Å². The van der Waals surface area contributed by atoms with Gasteiger partial charge < -0.3 is 9.64 Å². The van der Waals surface area contributed by atoms with Gasteiger partial charge in [-0.15, -0.1) is 5.10 Å². The van der Waals surface area contributed by atoms with Gasteiger partial charge in [0.05, 0.1) is 18.5 Å². The van der Waals surface area contributed by atoms with Gasteiger partial charge in [0.25, 0.3) is 0 Å². The number of rotatable bonds is 4. The highest BCUT2D eigenvalue weighted by Crippen LogP contribution is 2.30. The number of nitrogens with zero attached hydrogens (tertiary/aromatic N) is 4. The van der Waals surface area contributed by atoms with Crippen molar-refractivity contribution in [1.82, 2.24) is 14.6 Å². The van der Waals surface area contributed by atoms with Crippen molar-refractivity contribution in [3.63, 3.8) is 0 Å². The van der Waals surface area contributed by atoms with Crippen LogP contribution in [0.3, 0.4) is 0 Å². The molecule has 1 aliphatic rings. The van der Waals surface area contributed by atoms with Crippen molar-refractivity contribution in [2.45, 2.75) is 12.8 Å². The quantitative estimate of drug-likeness (QED) is 0.704. The molecule has 0 spiro atoms. The number of hydrogen-bond acceptors (Lipinski definition) is 5. The largest absolute Gasteiger partial charge is 0.384 e. The van der Waals surface area contributed by atoms with E-state index in [-0.39, 0.29) is 0 Å². The molecule has 1 aliphatic heterocycles. The summed E-state index contributed by atoms with van der Waals surface area (Å²) in [4.78, 5) is 7.98. The van der Waals surface area contributed by atoms with E-state index in [1.165, 1.54) is 12.8 Å². The number of benzene rings is 1. The van der Waals surface area contributed by atoms with E-state index in [0.29, 0.717) is 5.92 Å². The van der Waals surface area contributed by atoms with Crippen LogP contribution in [0.4, 0.5) is 5.13 Å². The lowest BCUT2D eigenvalue weighted by Gasteiger charge is -2.31. The zero-order valence-corrected chi connectivity index (χ0v) is 15.1. The Hall–Kier alpha value is -1.63. The first-order chi connectivity index (χ1) is 11.7. The van der Waals surface area contributed by atoms with Crippen LogP contribution in [-0.2, 0) is 4.74 Å². The van der Waals surface area contributed by atoms with Gasteiger partial charge in [-0.1, -0.05) is 35.1 Å². The summed E-state index contributed by atoms with van der Waals surface area (Å²) < 4.78 is 7.19. The van der Waals surface area contributed by atoms with Crippen LogP contribution < -0.4 is 4.90 Å². The third-order valence-electron chi connectivity index (χ3n) is 4.36. The molecule has 24 heavy (non-hydrogen) atoms. The third-order valence-corrected chi connectivity index (χ3v) is 5.60. The molecular weight excluding hydrogens is 344 g/mol. The van der Waals surface area contributed by atoms with Gasteiger partial charge in [0.15, 0.2) is 0 Å². The minimum Gasteiger partial charge on any atom is -0.384 e. The van der Waals surface area contributed by atoms with Crippen molar-refractivity contribution in [2.75, 3.05) is 31.7 Å². The standard InChI is InChI=1S/C17H19ClN4OS/c1-23-11-12-3-2-8-21(9-12)17-20-22-10-15(19-16(22)24-17)13-4-6-14(18)7-5-13/h4-7,10,12H,2-3,8-9,11H2,1H3. The van der Waals surface area contributed by atoms with Gasteiger partial charge in [-0.25, -0.2) is 9.50 Å². The molecular formula is C17H19ClN4OS. The topological polar surface area (TPSA) is 42.7 Å². The Morgan fingerprint density at radius 3 is 2.92 bits per heavy atom. The molecule has 0 bridgehead atoms. The summed E-state index contributed by atoms with van der Waals surface area (Å²) in [5, 5.41) is 6.50. The monoisotopic (exact) mass is 362 g/mol. The molecule has 2 aromatic heterocycles. The highest BCUT2D eigenvalue weighted by molar-refractivity contribution is 7.20. The van der Waals surface area contributed by atoms with Gasteiger partial charge in [-0.2, -0.15) is 0 Å². The summed E-state index contributed by atoms with van der Waals surface area (Å²) in [6, 6.07) is 7.73. The number of imidazole rings is 1. The van der Waals surface area contributed by atoms with E-state index in [9.17, 15) is 0 Å². The van der Waals surface area contributed by atoms with E-state index < -0.39 is 0 Å². The third kappa shape index (κ3) is 3.14. The van der Waals surface area contributed by atoms with Gasteiger partial charge in [0.2, 0.25) is 10.1 Å². The van der Waals surface area contributed by atoms with Crippen LogP contribution in [-0.4, -0.2) is 41.4 Å². The van der Waals surface area contributed by atoms with E-state index in [4.69, 9.17) is 26.4 Å². The highest BCUT2D eigenvalue weighted by Gasteiger charge is 2.23. The number of ether oxygens (including phenoxy) is 1. The molecule has 1 atom stereocenters. The van der Waals surface area contributed by atoms with Crippen molar-refractivity contribution in [1.29, 1.82) is 0 Å². The van der Waals surface area contributed by atoms with Gasteiger partial charge in [0.1, 0.15) is 0 Å². The van der Waals surface area contributed by atoms with Crippen LogP contribution in [0.15, 0.2) is 30.5 Å². The number of hydrogen-bond donors (Lipinski definition) is 0. The molecule has 1 fully saturated rings. The number of piperidine rings is 1. The summed E-state index contributed by atoms with van der Waals surface area (Å²) in [5.41, 5.74) is 1.98. The van der Waals surface area contributed by atoms with E-state index in [2.05, 4.69) is 4.90 Å². The number of aromatic nitrogens is 3. The average Bonchev–Trinajstić information content (AvgIpc) is 3.15. The molecule has 1 aromatic carbocycles. The van der Waals surface area contributed by atoms with Crippen LogP contribution >= 0.6 is 22.9 Å². The second-order valence-electron chi connectivity index (χ2n) is 6.15. The maximum absolute atomic E-state index is 5.95. The van der Waals surface area contributed by atoms with Gasteiger partial charge in [0, 0.05) is 30.8 Å². The molecule has 1 unspecified atom stereocenters. The molecule has 3 heterocycles. The van der Waals surface area contributed by atoms with Crippen molar-refractivity contribution in [3.8, 4) is 11.3 Å². The fraction of sp³-hybridized carbons (Fsp3) is 0.412. The zero-order valence-electron chi connectivity index (χ0n) is 13.5. The normalized spacial score (nSPS) is 18.4. The molecule has 3 aromatic rings. The molecule has 0 saturated carbocycles. The van der Waals surface area contributed by atoms with Crippen molar-refractivity contribution < 1.29 is 4.74 Å². The molecule has 0 amide bonds. The van der Waals surface area contributed by atoms with Gasteiger partial charge in [-0.3, -0.25) is 0 Å². The molecule has 126 valence electrons. The first-order valence-electron chi connectivity index (χ1n) is 8.09. The number of fused-ring (bicyclic) bond motifs is 1. The van der Waals surface area contributed by atoms with Crippen molar-refractivity contribution in [3.05, 3.63) is 35.5 Å². The minimum absolute atomic E-state index is 0.588. The molecule has 4 rings (SSSR count). The van der Waals surface area contributed by atoms with Crippen molar-refractivity contribution >= 4 is 33.0 Å². The summed E-state index contributed by atoms with van der Waals surface area (Å²) in [7, 11) is 1.77. The second kappa shape index (κ2) is 6.70. The molecule has 1 saturated heterocycles. The lowest BCUT2D eigenvalue weighted by Crippen LogP contribution is -2.37. The lowest BCUT2D eigenvalue weighted by molar-refractivity contribution is 0.143. The second-order valence-corrected chi connectivity index (χ2v) is 7.53. The maximum atomic E-state index is 5.95. The molecule has 0 N–H and O–H groups in total. The predicted molar refractivity (Wildman–Crippen MR) is 98.1 cm³/mol. The molecule has 0 aliphatic carbocycles. The summed E-state index contributed by atoms with van der Waals surface area (Å²) in [6.45, 7) is 2.88. The highest BCUT2D eigenvalue weighted by atomic mass is 35.5. The first kappa shape index (κ1) is 15.9. The summed E-state index contributed by atoms with van der Waals surface area (Å²) in [6.07, 6.45) is 4.40. The fourth-order valence-electron chi connectivity index (χ4n) is 3.19. The number of anilines is 1. The number of halogens is 1. The lowest BCUT2D eigenvalue weighted by atomic mass is 9.99. The van der Waals surface area contributed by atoms with E-state index >= 15 is 0 Å². The molecule has 7 heteroatoms. The molecule has 0 radical (unpaired) electrons. The van der Waals surface area contributed by atoms with Crippen LogP contribution in [0.5, 0.6) is 0 Å². The van der Waals surface area contributed by atoms with Crippen LogP contribution in [0.1, 0.15) is 12.8 Å². The van der Waals surface area contributed by atoms with Crippen LogP contribution in [0, 0.1) is 5.92 Å². The Balaban J connectivity index is 1.56. The fourth-order valence-corrected chi connectivity index (χ4v) is 4.23. The number of methoxy groups -OCH3 is 1. The first-order valence-corrected chi connectivity index (χ1v) is 9.28. The van der Waals surface area contributed by atoms with E-state index in [0.717, 1.165) is 46.1 Å². The maximum Gasteiger partial charge on any atom is 0.214 e. The van der Waals surface area contributed by atoms with E-state index in [1.807, 2.05) is 35.0 Å². The van der Waals surface area contributed by atoms with Gasteiger partial charge >= 0.3 is 0 Å². The zero-order chi connectivity index (χ0) is 16.5. The average molecular weight is 363 g/mol. The SMILES string of the molecule is COCC1CCCN(c2nn3cc(-c4ccc(Cl)cc4)nc3s2)C1. The van der Waals surface area contributed by atoms with Gasteiger partial charge in [-0.05, 0) is 30.9 Å². The minimum atomic E-state index is 0.588. The Bertz CT molecular complexity index is 795. The Morgan fingerprint density at radius 2 is 2.17 bits per heavy atom. The van der Waals surface area contributed by atoms with Crippen LogP contribution in [0.2, 0.25) is 5.02 Å². The van der Waals surface area contributed by atoms with Crippen LogP contribution in [0.25, 0.3) is 16.2 Å². The molecule has 5 nitrogen and oxygen atoms in total. The Kier molecular flexibility index (Phi) is 4.43. The predicted octanol–water partition coefficient (Wildman–Crippen LogP) is 3.97. The summed E-state index contributed by atoms with van der Waals surface area (Å²) >= 11 is 7.59. The Morgan fingerprint density at radius 1 is 1.33 bits per heavy atom. The smallest absolute Gasteiger partial charge is 0.214 e. The Labute approximate surface area is 149 Å². The summed E-state index contributed by atoms with van der Waals surface area (Å²) in [5.74, 6) is 0.588. The van der Waals surface area contributed by atoms with Crippen molar-refractivity contribution in [2.24, 2.45) is 5.92 Å².